The Morgan fingerprint density at radius 1 is 1.26 bits per heavy atom. The molecule has 0 fully saturated rings. The Hall–Kier alpha value is -2.20. The third-order valence-corrected chi connectivity index (χ3v) is 2.97. The van der Waals surface area contributed by atoms with Crippen LogP contribution < -0.4 is 11.1 Å². The van der Waals surface area contributed by atoms with Gasteiger partial charge in [0, 0.05) is 5.56 Å². The summed E-state index contributed by atoms with van der Waals surface area (Å²) in [5, 5.41) is 12.1. The summed E-state index contributed by atoms with van der Waals surface area (Å²) in [5.74, 6) is -0.398. The lowest BCUT2D eigenvalue weighted by atomic mass is 10.1. The zero-order valence-corrected chi connectivity index (χ0v) is 11.0. The molecule has 0 bridgehead atoms. The molecule has 0 radical (unpaired) electrons. The number of halogens is 1. The van der Waals surface area contributed by atoms with Crippen LogP contribution in [0.15, 0.2) is 36.4 Å². The maximum absolute atomic E-state index is 12.0. The fourth-order valence-electron chi connectivity index (χ4n) is 1.64. The zero-order valence-electron chi connectivity index (χ0n) is 10.3. The number of phenolic OH excluding ortho intramolecular Hbond substituents is 1. The van der Waals surface area contributed by atoms with Gasteiger partial charge in [0.25, 0.3) is 5.91 Å². The highest BCUT2D eigenvalue weighted by Crippen LogP contribution is 2.25. The Morgan fingerprint density at radius 2 is 2.00 bits per heavy atom. The molecule has 0 aromatic heterocycles. The van der Waals surface area contributed by atoms with Crippen LogP contribution in [0.1, 0.15) is 15.9 Å². The number of nitrogen functional groups attached to an aromatic ring is 1. The Bertz CT molecular complexity index is 641. The Kier molecular flexibility index (Phi) is 3.62. The minimum atomic E-state index is -0.336. The van der Waals surface area contributed by atoms with Crippen LogP contribution in [0.5, 0.6) is 5.75 Å². The third-order valence-electron chi connectivity index (χ3n) is 2.67. The van der Waals surface area contributed by atoms with Gasteiger partial charge in [0.1, 0.15) is 5.75 Å². The van der Waals surface area contributed by atoms with Crippen LogP contribution in [0, 0.1) is 6.92 Å². The van der Waals surface area contributed by atoms with Crippen molar-refractivity contribution in [2.45, 2.75) is 6.92 Å². The topological polar surface area (TPSA) is 75.3 Å². The van der Waals surface area contributed by atoms with Gasteiger partial charge < -0.3 is 16.2 Å². The highest BCUT2D eigenvalue weighted by atomic mass is 35.5. The first-order valence-corrected chi connectivity index (χ1v) is 6.01. The summed E-state index contributed by atoms with van der Waals surface area (Å²) in [4.78, 5) is 12.0. The van der Waals surface area contributed by atoms with E-state index in [0.717, 1.165) is 5.56 Å². The van der Waals surface area contributed by atoms with Crippen LogP contribution >= 0.6 is 11.6 Å². The van der Waals surface area contributed by atoms with Crippen molar-refractivity contribution in [2.75, 3.05) is 11.1 Å². The van der Waals surface area contributed by atoms with Gasteiger partial charge in [-0.2, -0.15) is 0 Å². The Morgan fingerprint density at radius 3 is 2.63 bits per heavy atom. The van der Waals surface area contributed by atoms with Crippen LogP contribution in [0.2, 0.25) is 5.02 Å². The number of rotatable bonds is 2. The van der Waals surface area contributed by atoms with Gasteiger partial charge in [-0.05, 0) is 42.8 Å². The minimum Gasteiger partial charge on any atom is -0.506 e. The van der Waals surface area contributed by atoms with E-state index in [2.05, 4.69) is 5.32 Å². The van der Waals surface area contributed by atoms with Crippen molar-refractivity contribution in [2.24, 2.45) is 0 Å². The van der Waals surface area contributed by atoms with Gasteiger partial charge in [-0.15, -0.1) is 0 Å². The second kappa shape index (κ2) is 5.20. The molecule has 4 N–H and O–H groups in total. The molecule has 0 aliphatic carbocycles. The van der Waals surface area contributed by atoms with Gasteiger partial charge in [0.15, 0.2) is 0 Å². The molecule has 0 unspecified atom stereocenters. The molecule has 5 heteroatoms. The van der Waals surface area contributed by atoms with Crippen molar-refractivity contribution >= 4 is 28.9 Å². The number of hydrogen-bond acceptors (Lipinski definition) is 3. The first-order valence-electron chi connectivity index (χ1n) is 5.63. The van der Waals surface area contributed by atoms with E-state index in [0.29, 0.717) is 16.9 Å². The number of carbonyl (C=O) groups excluding carboxylic acids is 1. The third kappa shape index (κ3) is 2.98. The molecule has 19 heavy (non-hydrogen) atoms. The van der Waals surface area contributed by atoms with Gasteiger partial charge in [-0.1, -0.05) is 17.7 Å². The van der Waals surface area contributed by atoms with Crippen molar-refractivity contribution in [3.05, 3.63) is 52.5 Å². The number of phenols is 1. The van der Waals surface area contributed by atoms with E-state index in [4.69, 9.17) is 17.3 Å². The lowest BCUT2D eigenvalue weighted by Gasteiger charge is -2.09. The van der Waals surface area contributed by atoms with E-state index < -0.39 is 0 Å². The molecule has 98 valence electrons. The minimum absolute atomic E-state index is 0.0620. The molecule has 2 aromatic carbocycles. The fraction of sp³-hybridized carbons (Fsp3) is 0.0714. The highest BCUT2D eigenvalue weighted by molar-refractivity contribution is 6.32. The lowest BCUT2D eigenvalue weighted by molar-refractivity contribution is 0.102. The molecule has 0 saturated heterocycles. The van der Waals surface area contributed by atoms with Gasteiger partial charge in [0.05, 0.1) is 16.4 Å². The van der Waals surface area contributed by atoms with Crippen LogP contribution in [-0.2, 0) is 0 Å². The summed E-state index contributed by atoms with van der Waals surface area (Å²) in [6.07, 6.45) is 0. The first-order chi connectivity index (χ1) is 8.97. The van der Waals surface area contributed by atoms with E-state index in [1.54, 1.807) is 12.1 Å². The van der Waals surface area contributed by atoms with Crippen molar-refractivity contribution in [3.63, 3.8) is 0 Å². The Balaban J connectivity index is 2.23. The number of carbonyl (C=O) groups is 1. The second-order valence-corrected chi connectivity index (χ2v) is 4.62. The zero-order chi connectivity index (χ0) is 14.0. The highest BCUT2D eigenvalue weighted by Gasteiger charge is 2.10. The number of amides is 1. The molecule has 1 amide bonds. The van der Waals surface area contributed by atoms with E-state index in [1.165, 1.54) is 18.2 Å². The molecule has 0 aliphatic rings. The molecule has 0 atom stereocenters. The monoisotopic (exact) mass is 276 g/mol. The summed E-state index contributed by atoms with van der Waals surface area (Å²) < 4.78 is 0. The summed E-state index contributed by atoms with van der Waals surface area (Å²) in [5.41, 5.74) is 8.23. The SMILES string of the molecule is Cc1ccc(NC(=O)c2ccc(O)c(Cl)c2)c(N)c1. The van der Waals surface area contributed by atoms with E-state index in [9.17, 15) is 9.90 Å². The molecule has 0 heterocycles. The summed E-state index contributed by atoms with van der Waals surface area (Å²) in [7, 11) is 0. The standard InChI is InChI=1S/C14H13ClN2O2/c1-8-2-4-12(11(16)6-8)17-14(19)9-3-5-13(18)10(15)7-9/h2-7,18H,16H2,1H3,(H,17,19). The van der Waals surface area contributed by atoms with Crippen molar-refractivity contribution in [1.82, 2.24) is 0 Å². The number of anilines is 2. The first kappa shape index (κ1) is 13.2. The van der Waals surface area contributed by atoms with Crippen molar-refractivity contribution in [3.8, 4) is 5.75 Å². The number of aromatic hydroxyl groups is 1. The number of nitrogens with two attached hydrogens (primary N) is 1. The maximum atomic E-state index is 12.0. The van der Waals surface area contributed by atoms with Gasteiger partial charge >= 0.3 is 0 Å². The second-order valence-electron chi connectivity index (χ2n) is 4.21. The smallest absolute Gasteiger partial charge is 0.255 e. The van der Waals surface area contributed by atoms with Gasteiger partial charge in [0.2, 0.25) is 0 Å². The van der Waals surface area contributed by atoms with Crippen LogP contribution in [0.4, 0.5) is 11.4 Å². The molecule has 0 aliphatic heterocycles. The van der Waals surface area contributed by atoms with E-state index in [-0.39, 0.29) is 16.7 Å². The molecule has 0 spiro atoms. The van der Waals surface area contributed by atoms with Crippen LogP contribution in [-0.4, -0.2) is 11.0 Å². The van der Waals surface area contributed by atoms with Crippen LogP contribution in [0.25, 0.3) is 0 Å². The van der Waals surface area contributed by atoms with E-state index >= 15 is 0 Å². The van der Waals surface area contributed by atoms with Gasteiger partial charge in [-0.25, -0.2) is 0 Å². The molecular formula is C14H13ClN2O2. The molecule has 2 aromatic rings. The number of hydrogen-bond donors (Lipinski definition) is 3. The van der Waals surface area contributed by atoms with Crippen LogP contribution in [0.3, 0.4) is 0 Å². The molecule has 2 rings (SSSR count). The maximum Gasteiger partial charge on any atom is 0.255 e. The van der Waals surface area contributed by atoms with Crippen molar-refractivity contribution in [1.29, 1.82) is 0 Å². The fourth-order valence-corrected chi connectivity index (χ4v) is 1.82. The predicted octanol–water partition coefficient (Wildman–Crippen LogP) is 3.19. The lowest BCUT2D eigenvalue weighted by Crippen LogP contribution is -2.13. The number of benzene rings is 2. The molecular weight excluding hydrogens is 264 g/mol. The predicted molar refractivity (Wildman–Crippen MR) is 76.7 cm³/mol. The number of nitrogens with one attached hydrogen (secondary N) is 1. The molecule has 0 saturated carbocycles. The van der Waals surface area contributed by atoms with Gasteiger partial charge in [-0.3, -0.25) is 4.79 Å². The quantitative estimate of drug-likeness (QED) is 0.737. The average molecular weight is 277 g/mol. The molecule has 4 nitrogen and oxygen atoms in total. The summed E-state index contributed by atoms with van der Waals surface area (Å²) in [6.45, 7) is 1.92. The summed E-state index contributed by atoms with van der Waals surface area (Å²) >= 11 is 5.76. The van der Waals surface area contributed by atoms with Crippen molar-refractivity contribution < 1.29 is 9.90 Å². The largest absolute Gasteiger partial charge is 0.506 e. The van der Waals surface area contributed by atoms with E-state index in [1.807, 2.05) is 13.0 Å². The summed E-state index contributed by atoms with van der Waals surface area (Å²) in [6, 6.07) is 9.63. The Labute approximate surface area is 115 Å². The normalized spacial score (nSPS) is 10.2. The average Bonchev–Trinajstić information content (AvgIpc) is 2.36. The number of aryl methyl sites for hydroxylation is 1.